The van der Waals surface area contributed by atoms with Gasteiger partial charge in [0.25, 0.3) is 0 Å². The zero-order valence-electron chi connectivity index (χ0n) is 5.58. The number of nitrogens with zero attached hydrogens (tertiary/aromatic N) is 1. The quantitative estimate of drug-likeness (QED) is 0.595. The average Bonchev–Trinajstić information content (AvgIpc) is 2.08. The number of hydrogen-bond acceptors (Lipinski definition) is 3. The Kier molecular flexibility index (Phi) is 2.00. The van der Waals surface area contributed by atoms with Gasteiger partial charge in [0.1, 0.15) is 0 Å². The van der Waals surface area contributed by atoms with Crippen molar-refractivity contribution in [3.8, 4) is 0 Å². The van der Waals surface area contributed by atoms with Crippen LogP contribution in [0, 0.1) is 0 Å². The van der Waals surface area contributed by atoms with E-state index in [4.69, 9.17) is 9.11 Å². The lowest BCUT2D eigenvalue weighted by atomic mass is 10.4. The molecule has 1 saturated heterocycles. The predicted octanol–water partition coefficient (Wildman–Crippen LogP) is 1.38. The third-order valence-corrected chi connectivity index (χ3v) is 2.90. The lowest BCUT2D eigenvalue weighted by molar-refractivity contribution is 0.393. The van der Waals surface area contributed by atoms with E-state index in [0.29, 0.717) is 0 Å². The molecular weight excluding hydrogens is 138 g/mol. The first kappa shape index (κ1) is 7.34. The molecular formula is C5H13NO2S. The highest BCUT2D eigenvalue weighted by molar-refractivity contribution is 8.21. The highest BCUT2D eigenvalue weighted by Gasteiger charge is 2.20. The SMILES string of the molecule is CS(O)(O)N1CCCC1. The molecule has 1 aliphatic rings. The fourth-order valence-corrected chi connectivity index (χ4v) is 1.98. The van der Waals surface area contributed by atoms with Gasteiger partial charge in [-0.2, -0.15) is 0 Å². The van der Waals surface area contributed by atoms with Gasteiger partial charge in [-0.05, 0) is 12.8 Å². The molecule has 0 aliphatic carbocycles. The maximum atomic E-state index is 9.08. The molecule has 2 N–H and O–H groups in total. The largest absolute Gasteiger partial charge is 0.286 e. The van der Waals surface area contributed by atoms with Crippen LogP contribution < -0.4 is 0 Å². The first-order valence-electron chi connectivity index (χ1n) is 3.09. The monoisotopic (exact) mass is 151 g/mol. The fraction of sp³-hybridized carbons (Fsp3) is 1.00. The summed E-state index contributed by atoms with van der Waals surface area (Å²) in [7, 11) is -2.37. The lowest BCUT2D eigenvalue weighted by Crippen LogP contribution is -2.22. The zero-order chi connectivity index (χ0) is 6.91. The van der Waals surface area contributed by atoms with Crippen LogP contribution >= 0.6 is 10.8 Å². The fourth-order valence-electron chi connectivity index (χ4n) is 1.03. The van der Waals surface area contributed by atoms with Gasteiger partial charge in [-0.25, -0.2) is 4.31 Å². The Balaban J connectivity index is 2.42. The molecule has 1 heterocycles. The van der Waals surface area contributed by atoms with E-state index in [1.54, 1.807) is 4.31 Å². The van der Waals surface area contributed by atoms with Crippen LogP contribution in [0.2, 0.25) is 0 Å². The van der Waals surface area contributed by atoms with E-state index in [1.807, 2.05) is 0 Å². The molecule has 0 radical (unpaired) electrons. The summed E-state index contributed by atoms with van der Waals surface area (Å²) in [6.45, 7) is 1.69. The molecule has 1 fully saturated rings. The summed E-state index contributed by atoms with van der Waals surface area (Å²) in [5.41, 5.74) is 0. The van der Waals surface area contributed by atoms with Gasteiger partial charge in [-0.1, -0.05) is 0 Å². The maximum Gasteiger partial charge on any atom is 0.0418 e. The van der Waals surface area contributed by atoms with Crippen molar-refractivity contribution in [3.63, 3.8) is 0 Å². The molecule has 1 rings (SSSR count). The van der Waals surface area contributed by atoms with Crippen molar-refractivity contribution in [2.24, 2.45) is 0 Å². The zero-order valence-corrected chi connectivity index (χ0v) is 6.39. The van der Waals surface area contributed by atoms with Gasteiger partial charge >= 0.3 is 0 Å². The molecule has 4 heteroatoms. The predicted molar refractivity (Wildman–Crippen MR) is 39.6 cm³/mol. The molecule has 0 unspecified atom stereocenters. The van der Waals surface area contributed by atoms with Crippen LogP contribution in [0.5, 0.6) is 0 Å². The Morgan fingerprint density at radius 3 is 1.89 bits per heavy atom. The third-order valence-electron chi connectivity index (χ3n) is 1.55. The van der Waals surface area contributed by atoms with Gasteiger partial charge in [0.05, 0.1) is 0 Å². The Hall–Kier alpha value is 0.230. The van der Waals surface area contributed by atoms with Crippen LogP contribution in [0.15, 0.2) is 0 Å². The summed E-state index contributed by atoms with van der Waals surface area (Å²) in [6.07, 6.45) is 3.69. The Labute approximate surface area is 57.2 Å². The second-order valence-electron chi connectivity index (χ2n) is 2.43. The van der Waals surface area contributed by atoms with Crippen LogP contribution in [0.3, 0.4) is 0 Å². The van der Waals surface area contributed by atoms with E-state index in [-0.39, 0.29) is 0 Å². The molecule has 0 amide bonds. The molecule has 0 saturated carbocycles. The second-order valence-corrected chi connectivity index (χ2v) is 4.53. The Morgan fingerprint density at radius 1 is 1.22 bits per heavy atom. The van der Waals surface area contributed by atoms with E-state index in [1.165, 1.54) is 6.26 Å². The van der Waals surface area contributed by atoms with Crippen molar-refractivity contribution < 1.29 is 9.11 Å². The maximum absolute atomic E-state index is 9.08. The smallest absolute Gasteiger partial charge is 0.0418 e. The molecule has 0 aromatic heterocycles. The van der Waals surface area contributed by atoms with E-state index in [9.17, 15) is 0 Å². The standard InChI is InChI=1S/C5H13NO2S/c1-9(7,8)6-4-2-3-5-6/h7-8H,2-5H2,1H3. The highest BCUT2D eigenvalue weighted by Crippen LogP contribution is 2.40. The van der Waals surface area contributed by atoms with E-state index in [0.717, 1.165) is 25.9 Å². The van der Waals surface area contributed by atoms with Gasteiger partial charge in [0.2, 0.25) is 0 Å². The first-order valence-corrected chi connectivity index (χ1v) is 5.00. The summed E-state index contributed by atoms with van der Waals surface area (Å²) in [6, 6.07) is 0. The summed E-state index contributed by atoms with van der Waals surface area (Å²) in [5.74, 6) is 0. The van der Waals surface area contributed by atoms with Gasteiger partial charge in [0.15, 0.2) is 0 Å². The summed E-state index contributed by atoms with van der Waals surface area (Å²) < 4.78 is 19.9. The molecule has 9 heavy (non-hydrogen) atoms. The van der Waals surface area contributed by atoms with Gasteiger partial charge in [0, 0.05) is 19.3 Å². The Bertz CT molecular complexity index is 95.6. The van der Waals surface area contributed by atoms with Crippen LogP contribution in [0.25, 0.3) is 0 Å². The van der Waals surface area contributed by atoms with Crippen molar-refractivity contribution in [1.29, 1.82) is 0 Å². The minimum atomic E-state index is -2.37. The molecule has 0 bridgehead atoms. The minimum Gasteiger partial charge on any atom is -0.286 e. The molecule has 56 valence electrons. The summed E-state index contributed by atoms with van der Waals surface area (Å²) in [4.78, 5) is 0. The van der Waals surface area contributed by atoms with Gasteiger partial charge < -0.3 is 0 Å². The molecule has 3 nitrogen and oxygen atoms in total. The first-order chi connectivity index (χ1) is 4.11. The van der Waals surface area contributed by atoms with Crippen LogP contribution in [-0.2, 0) is 0 Å². The van der Waals surface area contributed by atoms with Gasteiger partial charge in [-0.15, -0.1) is 10.8 Å². The second kappa shape index (κ2) is 2.46. The number of rotatable bonds is 1. The topological polar surface area (TPSA) is 43.7 Å². The summed E-state index contributed by atoms with van der Waals surface area (Å²) in [5, 5.41) is 0. The molecule has 0 spiro atoms. The minimum absolute atomic E-state index is 0.846. The lowest BCUT2D eigenvalue weighted by Gasteiger charge is -2.36. The van der Waals surface area contributed by atoms with Crippen molar-refractivity contribution in [2.45, 2.75) is 12.8 Å². The van der Waals surface area contributed by atoms with Crippen molar-refractivity contribution in [3.05, 3.63) is 0 Å². The normalized spacial score (nSPS) is 24.8. The molecule has 0 atom stereocenters. The summed E-state index contributed by atoms with van der Waals surface area (Å²) >= 11 is 0. The van der Waals surface area contributed by atoms with Crippen molar-refractivity contribution in [2.75, 3.05) is 19.3 Å². The van der Waals surface area contributed by atoms with Crippen LogP contribution in [0.4, 0.5) is 0 Å². The van der Waals surface area contributed by atoms with E-state index in [2.05, 4.69) is 0 Å². The van der Waals surface area contributed by atoms with E-state index < -0.39 is 10.8 Å². The van der Waals surface area contributed by atoms with E-state index >= 15 is 0 Å². The molecule has 0 aromatic carbocycles. The average molecular weight is 151 g/mol. The van der Waals surface area contributed by atoms with Gasteiger partial charge in [-0.3, -0.25) is 9.11 Å². The third kappa shape index (κ3) is 1.82. The van der Waals surface area contributed by atoms with Crippen LogP contribution in [0.1, 0.15) is 12.8 Å². The number of hydrogen-bond donors (Lipinski definition) is 2. The molecule has 0 aromatic rings. The Morgan fingerprint density at radius 2 is 1.67 bits per heavy atom. The van der Waals surface area contributed by atoms with Crippen molar-refractivity contribution in [1.82, 2.24) is 4.31 Å². The van der Waals surface area contributed by atoms with Crippen LogP contribution in [-0.4, -0.2) is 32.8 Å². The molecule has 1 aliphatic heterocycles. The van der Waals surface area contributed by atoms with Crippen molar-refractivity contribution >= 4 is 10.8 Å². The highest BCUT2D eigenvalue weighted by atomic mass is 32.3.